The largest absolute Gasteiger partial charge is 0.508 e. The van der Waals surface area contributed by atoms with E-state index in [1.54, 1.807) is 53.6 Å². The second kappa shape index (κ2) is 14.1. The van der Waals surface area contributed by atoms with Gasteiger partial charge in [-0.3, -0.25) is 33.8 Å². The number of ether oxygens (including phenoxy) is 2. The Bertz CT molecular complexity index is 1790. The number of phenolic OH excluding ortho intramolecular Hbond substituents is 1. The number of carbonyl (C=O) groups is 6. The van der Waals surface area contributed by atoms with Crippen LogP contribution in [0.15, 0.2) is 23.0 Å². The Morgan fingerprint density at radius 1 is 1.06 bits per heavy atom. The minimum atomic E-state index is -2.81. The van der Waals surface area contributed by atoms with E-state index in [9.17, 15) is 49.2 Å². The SMILES string of the molecule is CC(C)C(=O)OCOC(=O)N(CC(=O)Nc1cc(N(C)C)c2c(c1O)C(O)=C1C(=O)[C@]3(O)C(O)=C(C(N)=O)C(=O)[C@@H](N(C)C)[C@@H]3C[C@@H]1C2)C(C)(C)C. The smallest absolute Gasteiger partial charge is 0.413 e. The molecular weight excluding hydrogens is 682 g/mol. The molecule has 7 N–H and O–H groups in total. The van der Waals surface area contributed by atoms with Crippen molar-refractivity contribution in [2.24, 2.45) is 23.5 Å². The first kappa shape index (κ1) is 39.6. The number of esters is 1. The fourth-order valence-corrected chi connectivity index (χ4v) is 7.08. The molecule has 17 nitrogen and oxygen atoms in total. The standard InChI is InChI=1S/C35H47N5O12/c1-15(2)32(48)51-14-52-33(49)40(34(3,4)5)13-21(41)37-19-12-20(38(6)7)17-10-16-11-18-25(39(8)9)28(44)24(31(36)47)30(46)35(18,50)29(45)22(16)27(43)23(17)26(19)42/h12,15-16,18,25,42-43,46,50H,10-11,13-14H2,1-9H3,(H2,36,47)(H,37,41)/t16-,18-,25-,35-/m0/s1. The Morgan fingerprint density at radius 2 is 1.67 bits per heavy atom. The van der Waals surface area contributed by atoms with E-state index in [2.05, 4.69) is 5.32 Å². The van der Waals surface area contributed by atoms with Gasteiger partial charge in [-0.2, -0.15) is 0 Å². The summed E-state index contributed by atoms with van der Waals surface area (Å²) in [4.78, 5) is 82.1. The van der Waals surface area contributed by atoms with Crippen LogP contribution in [0.25, 0.3) is 5.76 Å². The highest BCUT2D eigenvalue weighted by Gasteiger charge is 2.64. The zero-order valence-electron chi connectivity index (χ0n) is 30.7. The van der Waals surface area contributed by atoms with Crippen LogP contribution in [0.2, 0.25) is 0 Å². The highest BCUT2D eigenvalue weighted by Crippen LogP contribution is 2.54. The van der Waals surface area contributed by atoms with Gasteiger partial charge < -0.3 is 45.9 Å². The molecule has 4 atom stereocenters. The molecule has 0 saturated heterocycles. The van der Waals surface area contributed by atoms with E-state index >= 15 is 0 Å². The van der Waals surface area contributed by atoms with Crippen LogP contribution in [-0.2, 0) is 39.9 Å². The topological polar surface area (TPSA) is 250 Å². The summed E-state index contributed by atoms with van der Waals surface area (Å²) in [7, 11) is 6.39. The zero-order valence-corrected chi connectivity index (χ0v) is 30.7. The summed E-state index contributed by atoms with van der Waals surface area (Å²) in [5, 5.41) is 48.8. The minimum absolute atomic E-state index is 0.0366. The van der Waals surface area contributed by atoms with Crippen LogP contribution < -0.4 is 16.0 Å². The van der Waals surface area contributed by atoms with Gasteiger partial charge in [-0.1, -0.05) is 13.8 Å². The van der Waals surface area contributed by atoms with Gasteiger partial charge >= 0.3 is 12.1 Å². The first-order valence-electron chi connectivity index (χ1n) is 16.6. The highest BCUT2D eigenvalue weighted by atomic mass is 16.7. The second-order valence-corrected chi connectivity index (χ2v) is 15.0. The number of nitrogens with two attached hydrogens (primary N) is 1. The van der Waals surface area contributed by atoms with Crippen molar-refractivity contribution >= 4 is 52.6 Å². The van der Waals surface area contributed by atoms with E-state index in [0.29, 0.717) is 11.3 Å². The van der Waals surface area contributed by atoms with E-state index in [1.807, 2.05) is 0 Å². The number of ketones is 2. The maximum Gasteiger partial charge on any atom is 0.413 e. The van der Waals surface area contributed by atoms with Gasteiger partial charge in [-0.05, 0) is 65.3 Å². The van der Waals surface area contributed by atoms with Crippen molar-refractivity contribution in [2.45, 2.75) is 64.6 Å². The van der Waals surface area contributed by atoms with E-state index < -0.39 is 107 Å². The van der Waals surface area contributed by atoms with Gasteiger partial charge in [-0.15, -0.1) is 0 Å². The molecule has 0 aliphatic heterocycles. The zero-order chi connectivity index (χ0) is 39.4. The van der Waals surface area contributed by atoms with Crippen LogP contribution in [0.3, 0.4) is 0 Å². The molecule has 3 aliphatic carbocycles. The number of hydrogen-bond donors (Lipinski definition) is 6. The van der Waals surface area contributed by atoms with Crippen LogP contribution >= 0.6 is 0 Å². The van der Waals surface area contributed by atoms with Crippen LogP contribution in [0.5, 0.6) is 5.75 Å². The normalized spacial score (nSPS) is 22.8. The fourth-order valence-electron chi connectivity index (χ4n) is 7.08. The van der Waals surface area contributed by atoms with E-state index in [1.165, 1.54) is 25.1 Å². The summed E-state index contributed by atoms with van der Waals surface area (Å²) in [5.41, 5.74) is 0.761. The van der Waals surface area contributed by atoms with E-state index in [4.69, 9.17) is 15.2 Å². The van der Waals surface area contributed by atoms with Crippen molar-refractivity contribution < 1.29 is 58.7 Å². The quantitative estimate of drug-likeness (QED) is 0.0910. The Morgan fingerprint density at radius 3 is 2.19 bits per heavy atom. The summed E-state index contributed by atoms with van der Waals surface area (Å²) >= 11 is 0. The molecule has 0 bridgehead atoms. The number of phenols is 1. The van der Waals surface area contributed by atoms with Gasteiger partial charge in [0.05, 0.1) is 23.2 Å². The third-order valence-corrected chi connectivity index (χ3v) is 9.64. The average Bonchev–Trinajstić information content (AvgIpc) is 3.01. The third kappa shape index (κ3) is 6.77. The number of rotatable bonds is 9. The molecule has 1 saturated carbocycles. The van der Waals surface area contributed by atoms with Crippen LogP contribution in [0, 0.1) is 17.8 Å². The molecule has 0 radical (unpaired) electrons. The van der Waals surface area contributed by atoms with Crippen molar-refractivity contribution in [2.75, 3.05) is 51.7 Å². The molecule has 0 aromatic heterocycles. The van der Waals surface area contributed by atoms with Crippen molar-refractivity contribution in [1.29, 1.82) is 0 Å². The molecular formula is C35H47N5O12. The van der Waals surface area contributed by atoms with Gasteiger partial charge in [-0.25, -0.2) is 4.79 Å². The van der Waals surface area contributed by atoms with Gasteiger partial charge in [0.15, 0.2) is 11.4 Å². The molecule has 3 aliphatic rings. The minimum Gasteiger partial charge on any atom is -0.508 e. The van der Waals surface area contributed by atoms with Gasteiger partial charge in [0.1, 0.15) is 29.4 Å². The van der Waals surface area contributed by atoms with Crippen LogP contribution in [0.1, 0.15) is 52.2 Å². The molecule has 1 aromatic rings. The van der Waals surface area contributed by atoms with Crippen molar-refractivity contribution in [3.05, 3.63) is 34.1 Å². The van der Waals surface area contributed by atoms with E-state index in [-0.39, 0.29) is 29.7 Å². The maximum absolute atomic E-state index is 14.2. The highest BCUT2D eigenvalue weighted by molar-refractivity contribution is 6.24. The monoisotopic (exact) mass is 729 g/mol. The number of nitrogens with zero attached hydrogens (tertiary/aromatic N) is 3. The van der Waals surface area contributed by atoms with Gasteiger partial charge in [0.2, 0.25) is 18.5 Å². The molecule has 3 amide bonds. The fraction of sp³-hybridized carbons (Fsp3) is 0.543. The van der Waals surface area contributed by atoms with E-state index in [0.717, 1.165) is 4.90 Å². The third-order valence-electron chi connectivity index (χ3n) is 9.64. The van der Waals surface area contributed by atoms with Crippen molar-refractivity contribution in [3.63, 3.8) is 0 Å². The molecule has 0 spiro atoms. The van der Waals surface area contributed by atoms with Crippen molar-refractivity contribution in [1.82, 2.24) is 9.80 Å². The first-order chi connectivity index (χ1) is 24.0. The molecule has 4 rings (SSSR count). The predicted molar refractivity (Wildman–Crippen MR) is 186 cm³/mol. The number of likely N-dealkylation sites (N-methyl/N-ethyl adjacent to an activating group) is 1. The molecule has 284 valence electrons. The molecule has 0 heterocycles. The maximum atomic E-state index is 14.2. The van der Waals surface area contributed by atoms with Gasteiger partial charge in [0.25, 0.3) is 5.91 Å². The van der Waals surface area contributed by atoms with Crippen molar-refractivity contribution in [3.8, 4) is 5.75 Å². The summed E-state index contributed by atoms with van der Waals surface area (Å²) in [6.45, 7) is 6.90. The lowest BCUT2D eigenvalue weighted by Gasteiger charge is -2.50. The lowest BCUT2D eigenvalue weighted by atomic mass is 9.57. The number of aliphatic hydroxyl groups is 3. The molecule has 52 heavy (non-hydrogen) atoms. The predicted octanol–water partition coefficient (Wildman–Crippen LogP) is 1.36. The number of Topliss-reactive ketones (excluding diaryl/α,β-unsaturated/α-hetero) is 2. The average molecular weight is 730 g/mol. The Labute approximate surface area is 300 Å². The number of anilines is 2. The molecule has 1 fully saturated rings. The number of fused-ring (bicyclic) bond motifs is 3. The summed E-state index contributed by atoms with van der Waals surface area (Å²) in [5.74, 6) is -9.80. The first-order valence-corrected chi connectivity index (χ1v) is 16.6. The Hall–Kier alpha value is -5.16. The number of carbonyl (C=O) groups excluding carboxylic acids is 6. The molecule has 17 heteroatoms. The number of hydrogen-bond acceptors (Lipinski definition) is 14. The number of aliphatic hydroxyl groups excluding tert-OH is 2. The van der Waals surface area contributed by atoms with Gasteiger partial charge in [0, 0.05) is 36.8 Å². The lowest BCUT2D eigenvalue weighted by Crippen LogP contribution is -2.65. The molecule has 1 aromatic carbocycles. The summed E-state index contributed by atoms with van der Waals surface area (Å²) in [6, 6.07) is 0.230. The second-order valence-electron chi connectivity index (χ2n) is 15.0. The number of nitrogens with one attached hydrogen (secondary N) is 1. The molecule has 0 unspecified atom stereocenters. The number of benzene rings is 1. The van der Waals surface area contributed by atoms with Crippen LogP contribution in [-0.4, -0.2) is 124 Å². The Balaban J connectivity index is 1.75. The summed E-state index contributed by atoms with van der Waals surface area (Å²) < 4.78 is 9.98. The Kier molecular flexibility index (Phi) is 10.7. The lowest BCUT2D eigenvalue weighted by molar-refractivity contribution is -0.157. The number of amides is 3. The summed E-state index contributed by atoms with van der Waals surface area (Å²) in [6.07, 6.45) is -1.01. The number of aromatic hydroxyl groups is 1. The van der Waals surface area contributed by atoms with Crippen LogP contribution in [0.4, 0.5) is 16.2 Å². The number of primary amides is 1.